The van der Waals surface area contributed by atoms with Gasteiger partial charge in [0.05, 0.1) is 20.6 Å². The molecule has 2 aliphatic heterocycles. The van der Waals surface area contributed by atoms with Gasteiger partial charge in [-0.3, -0.25) is 4.79 Å². The smallest absolute Gasteiger partial charge is 0.174 e. The summed E-state index contributed by atoms with van der Waals surface area (Å²) in [4.78, 5) is 13.4. The Morgan fingerprint density at radius 1 is 0.769 bits per heavy atom. The highest BCUT2D eigenvalue weighted by atomic mass is 16.5. The van der Waals surface area contributed by atoms with Crippen molar-refractivity contribution < 1.29 is 34.0 Å². The van der Waals surface area contributed by atoms with Crippen LogP contribution in [0, 0.1) is 0 Å². The Bertz CT molecular complexity index is 1530. The number of benzene rings is 4. The van der Waals surface area contributed by atoms with Crippen molar-refractivity contribution >= 4 is 5.78 Å². The summed E-state index contributed by atoms with van der Waals surface area (Å²) in [5.74, 6) is 0.578. The molecule has 2 N–H and O–H groups in total. The van der Waals surface area contributed by atoms with Gasteiger partial charge in [0.15, 0.2) is 5.78 Å². The molecule has 3 atom stereocenters. The largest absolute Gasteiger partial charge is 0.507 e. The SMILES string of the molecule is COc1cc(OC)c2c(c1)OC(c1ccccc1)CC2c1c(O)cc(O)c2c1OC(c1ccccc1)CC2=O. The van der Waals surface area contributed by atoms with Crippen LogP contribution in [-0.2, 0) is 0 Å². The van der Waals surface area contributed by atoms with Gasteiger partial charge in [-0.1, -0.05) is 60.7 Å². The van der Waals surface area contributed by atoms with Crippen molar-refractivity contribution in [2.24, 2.45) is 0 Å². The molecule has 0 bridgehead atoms. The number of hydrogen-bond acceptors (Lipinski definition) is 7. The zero-order valence-electron chi connectivity index (χ0n) is 21.6. The van der Waals surface area contributed by atoms with E-state index in [1.54, 1.807) is 26.4 Å². The minimum atomic E-state index is -0.562. The molecule has 4 aromatic carbocycles. The first-order valence-corrected chi connectivity index (χ1v) is 12.8. The number of aromatic hydroxyl groups is 2. The lowest BCUT2D eigenvalue weighted by atomic mass is 9.79. The lowest BCUT2D eigenvalue weighted by molar-refractivity contribution is 0.0840. The monoisotopic (exact) mass is 524 g/mol. The quantitative estimate of drug-likeness (QED) is 0.309. The molecule has 0 spiro atoms. The van der Waals surface area contributed by atoms with Crippen LogP contribution >= 0.6 is 0 Å². The van der Waals surface area contributed by atoms with Crippen molar-refractivity contribution in [3.63, 3.8) is 0 Å². The fraction of sp³-hybridized carbons (Fsp3) is 0.219. The Morgan fingerprint density at radius 2 is 1.44 bits per heavy atom. The maximum Gasteiger partial charge on any atom is 0.174 e. The van der Waals surface area contributed by atoms with Crippen molar-refractivity contribution in [3.05, 3.63) is 107 Å². The van der Waals surface area contributed by atoms with E-state index in [1.807, 2.05) is 60.7 Å². The van der Waals surface area contributed by atoms with E-state index in [1.165, 1.54) is 6.07 Å². The van der Waals surface area contributed by atoms with Crippen LogP contribution in [-0.4, -0.2) is 30.2 Å². The van der Waals surface area contributed by atoms with Gasteiger partial charge in [0.2, 0.25) is 0 Å². The molecule has 0 saturated heterocycles. The number of Topliss-reactive ketones (excluding diaryl/α,β-unsaturated/α-hetero) is 1. The Balaban J connectivity index is 1.56. The number of ether oxygens (including phenoxy) is 4. The minimum Gasteiger partial charge on any atom is -0.507 e. The Morgan fingerprint density at radius 3 is 2.08 bits per heavy atom. The number of phenols is 2. The van der Waals surface area contributed by atoms with Crippen LogP contribution in [0.4, 0.5) is 0 Å². The lowest BCUT2D eigenvalue weighted by Crippen LogP contribution is -2.25. The van der Waals surface area contributed by atoms with Crippen molar-refractivity contribution in [1.29, 1.82) is 0 Å². The molecule has 2 aliphatic rings. The highest BCUT2D eigenvalue weighted by Gasteiger charge is 2.41. The molecular weight excluding hydrogens is 496 g/mol. The topological polar surface area (TPSA) is 94.5 Å². The summed E-state index contributed by atoms with van der Waals surface area (Å²) in [5.41, 5.74) is 2.98. The molecule has 0 aromatic heterocycles. The third-order valence-electron chi connectivity index (χ3n) is 7.48. The Labute approximate surface area is 226 Å². The molecule has 2 heterocycles. The molecule has 4 aromatic rings. The zero-order chi connectivity index (χ0) is 27.1. The van der Waals surface area contributed by atoms with Gasteiger partial charge >= 0.3 is 0 Å². The van der Waals surface area contributed by atoms with Crippen molar-refractivity contribution in [2.45, 2.75) is 31.0 Å². The van der Waals surface area contributed by atoms with Crippen molar-refractivity contribution in [2.75, 3.05) is 14.2 Å². The number of phenolic OH excluding ortho intramolecular Hbond substituents is 2. The highest BCUT2D eigenvalue weighted by Crippen LogP contribution is 2.57. The molecule has 0 amide bonds. The number of fused-ring (bicyclic) bond motifs is 2. The predicted octanol–water partition coefficient (Wildman–Crippen LogP) is 6.48. The van der Waals surface area contributed by atoms with Crippen LogP contribution in [0.2, 0.25) is 0 Å². The second-order valence-corrected chi connectivity index (χ2v) is 9.72. The summed E-state index contributed by atoms with van der Waals surface area (Å²) in [6.45, 7) is 0. The standard InChI is InChI=1S/C32H28O7/c1-36-20-13-27(37-2)30-21(15-25(38-28(30)14-20)18-9-5-3-6-10-18)29-22(33)16-23(34)31-24(35)17-26(39-32(29)31)19-11-7-4-8-12-19/h3-14,16,21,25-26,33-34H,15,17H2,1-2H3. The van der Waals surface area contributed by atoms with Gasteiger partial charge in [-0.05, 0) is 11.1 Å². The van der Waals surface area contributed by atoms with Crippen molar-refractivity contribution in [1.82, 2.24) is 0 Å². The number of hydrogen-bond donors (Lipinski definition) is 2. The number of carbonyl (C=O) groups is 1. The number of ketones is 1. The summed E-state index contributed by atoms with van der Waals surface area (Å²) in [6, 6.07) is 24.1. The van der Waals surface area contributed by atoms with E-state index in [4.69, 9.17) is 18.9 Å². The molecular formula is C32H28O7. The second kappa shape index (κ2) is 9.91. The van der Waals surface area contributed by atoms with E-state index in [-0.39, 0.29) is 41.1 Å². The molecule has 3 unspecified atom stereocenters. The van der Waals surface area contributed by atoms with Crippen LogP contribution in [0.15, 0.2) is 78.9 Å². The van der Waals surface area contributed by atoms with Gasteiger partial charge in [0, 0.05) is 41.7 Å². The molecule has 0 saturated carbocycles. The summed E-state index contributed by atoms with van der Waals surface area (Å²) < 4.78 is 24.2. The molecule has 0 fully saturated rings. The van der Waals surface area contributed by atoms with Gasteiger partial charge < -0.3 is 29.2 Å². The summed E-state index contributed by atoms with van der Waals surface area (Å²) in [7, 11) is 3.13. The van der Waals surface area contributed by atoms with E-state index < -0.39 is 12.0 Å². The number of methoxy groups -OCH3 is 2. The van der Waals surface area contributed by atoms with E-state index >= 15 is 0 Å². The van der Waals surface area contributed by atoms with E-state index in [2.05, 4.69) is 0 Å². The molecule has 6 rings (SSSR count). The molecule has 39 heavy (non-hydrogen) atoms. The van der Waals surface area contributed by atoms with Crippen LogP contribution in [0.3, 0.4) is 0 Å². The first-order chi connectivity index (χ1) is 19.0. The summed E-state index contributed by atoms with van der Waals surface area (Å²) >= 11 is 0. The predicted molar refractivity (Wildman–Crippen MR) is 144 cm³/mol. The molecule has 7 heteroatoms. The number of carbonyl (C=O) groups excluding carboxylic acids is 1. The fourth-order valence-corrected chi connectivity index (χ4v) is 5.66. The first-order valence-electron chi connectivity index (χ1n) is 12.8. The maximum absolute atomic E-state index is 13.4. The number of rotatable bonds is 5. The van der Waals surface area contributed by atoms with Crippen LogP contribution < -0.4 is 18.9 Å². The third kappa shape index (κ3) is 4.30. The van der Waals surface area contributed by atoms with E-state index in [0.29, 0.717) is 34.8 Å². The van der Waals surface area contributed by atoms with Gasteiger partial charge in [-0.15, -0.1) is 0 Å². The van der Waals surface area contributed by atoms with E-state index in [0.717, 1.165) is 11.1 Å². The molecule has 0 aliphatic carbocycles. The van der Waals surface area contributed by atoms with Crippen molar-refractivity contribution in [3.8, 4) is 34.5 Å². The second-order valence-electron chi connectivity index (χ2n) is 9.72. The van der Waals surface area contributed by atoms with Crippen LogP contribution in [0.5, 0.6) is 34.5 Å². The van der Waals surface area contributed by atoms with Gasteiger partial charge in [0.25, 0.3) is 0 Å². The maximum atomic E-state index is 13.4. The Hall–Kier alpha value is -4.65. The lowest BCUT2D eigenvalue weighted by Gasteiger charge is -2.36. The minimum absolute atomic E-state index is 0.0757. The molecule has 198 valence electrons. The van der Waals surface area contributed by atoms with Gasteiger partial charge in [-0.25, -0.2) is 0 Å². The van der Waals surface area contributed by atoms with Gasteiger partial charge in [0.1, 0.15) is 52.3 Å². The van der Waals surface area contributed by atoms with Gasteiger partial charge in [-0.2, -0.15) is 0 Å². The average molecular weight is 525 g/mol. The van der Waals surface area contributed by atoms with E-state index in [9.17, 15) is 15.0 Å². The summed E-state index contributed by atoms with van der Waals surface area (Å²) in [6.07, 6.45) is -0.425. The third-order valence-corrected chi connectivity index (χ3v) is 7.48. The average Bonchev–Trinajstić information content (AvgIpc) is 2.96. The molecule has 0 radical (unpaired) electrons. The zero-order valence-corrected chi connectivity index (χ0v) is 21.6. The Kier molecular flexibility index (Phi) is 6.27. The fourth-order valence-electron chi connectivity index (χ4n) is 5.66. The molecule has 7 nitrogen and oxygen atoms in total. The van der Waals surface area contributed by atoms with Crippen LogP contribution in [0.1, 0.15) is 63.6 Å². The first kappa shape index (κ1) is 24.7. The highest BCUT2D eigenvalue weighted by molar-refractivity contribution is 6.03. The summed E-state index contributed by atoms with van der Waals surface area (Å²) in [5, 5.41) is 22.1. The van der Waals surface area contributed by atoms with Crippen LogP contribution in [0.25, 0.3) is 0 Å². The normalized spacial score (nSPS) is 19.7.